The van der Waals surface area contributed by atoms with Crippen molar-refractivity contribution in [2.75, 3.05) is 13.1 Å². The van der Waals surface area contributed by atoms with Crippen LogP contribution in [0.2, 0.25) is 0 Å². The number of pyridine rings is 1. The third-order valence-corrected chi connectivity index (χ3v) is 6.33. The largest absolute Gasteiger partial charge is 0.496 e. The molecule has 0 aromatic carbocycles. The van der Waals surface area contributed by atoms with Crippen LogP contribution in [0.4, 0.5) is 4.79 Å². The SMILES string of the molecule is CC(C)NC(=O)N1CC=C(c2c[nH]c3ncc(B4OC(C)(C)C(C)(C)O4)cc23)CC1. The van der Waals surface area contributed by atoms with E-state index in [4.69, 9.17) is 9.31 Å². The molecule has 4 rings (SSSR count). The summed E-state index contributed by atoms with van der Waals surface area (Å²) in [4.78, 5) is 22.0. The molecule has 0 saturated carbocycles. The lowest BCUT2D eigenvalue weighted by atomic mass is 9.79. The van der Waals surface area contributed by atoms with E-state index < -0.39 is 7.12 Å². The van der Waals surface area contributed by atoms with Gasteiger partial charge in [-0.25, -0.2) is 9.78 Å². The molecule has 0 radical (unpaired) electrons. The Balaban J connectivity index is 1.57. The van der Waals surface area contributed by atoms with Gasteiger partial charge in [-0.1, -0.05) is 6.08 Å². The first-order valence-corrected chi connectivity index (χ1v) is 10.6. The molecule has 1 saturated heterocycles. The Morgan fingerprint density at radius 3 is 2.57 bits per heavy atom. The fourth-order valence-corrected chi connectivity index (χ4v) is 3.83. The minimum Gasteiger partial charge on any atom is -0.399 e. The predicted molar refractivity (Wildman–Crippen MR) is 120 cm³/mol. The lowest BCUT2D eigenvalue weighted by molar-refractivity contribution is 0.00578. The first-order valence-electron chi connectivity index (χ1n) is 10.6. The van der Waals surface area contributed by atoms with Gasteiger partial charge in [-0.3, -0.25) is 0 Å². The molecule has 0 bridgehead atoms. The maximum atomic E-state index is 12.3. The van der Waals surface area contributed by atoms with Crippen molar-refractivity contribution < 1.29 is 14.1 Å². The first-order chi connectivity index (χ1) is 14.1. The van der Waals surface area contributed by atoms with Crippen LogP contribution in [0.1, 0.15) is 53.5 Å². The molecule has 2 aliphatic rings. The van der Waals surface area contributed by atoms with E-state index in [2.05, 4.69) is 55.1 Å². The Hall–Kier alpha value is -2.32. The second-order valence-electron chi connectivity index (χ2n) is 9.48. The van der Waals surface area contributed by atoms with Crippen molar-refractivity contribution >= 4 is 35.2 Å². The van der Waals surface area contributed by atoms with Crippen LogP contribution in [0.3, 0.4) is 0 Å². The number of H-pyrrole nitrogens is 1. The Kier molecular flexibility index (Phi) is 5.18. The highest BCUT2D eigenvalue weighted by molar-refractivity contribution is 6.62. The normalized spacial score (nSPS) is 20.7. The summed E-state index contributed by atoms with van der Waals surface area (Å²) in [6.45, 7) is 13.4. The van der Waals surface area contributed by atoms with Crippen molar-refractivity contribution in [1.82, 2.24) is 20.2 Å². The van der Waals surface area contributed by atoms with Crippen LogP contribution >= 0.6 is 0 Å². The number of rotatable bonds is 3. The molecule has 0 atom stereocenters. The van der Waals surface area contributed by atoms with Crippen LogP contribution < -0.4 is 10.8 Å². The summed E-state index contributed by atoms with van der Waals surface area (Å²) in [6.07, 6.45) is 6.76. The maximum Gasteiger partial charge on any atom is 0.496 e. The molecule has 2 aromatic rings. The zero-order chi connectivity index (χ0) is 21.7. The topological polar surface area (TPSA) is 79.5 Å². The summed E-state index contributed by atoms with van der Waals surface area (Å²) >= 11 is 0. The van der Waals surface area contributed by atoms with E-state index in [1.54, 1.807) is 0 Å². The van der Waals surface area contributed by atoms with Crippen molar-refractivity contribution in [1.29, 1.82) is 0 Å². The smallest absolute Gasteiger partial charge is 0.399 e. The molecule has 0 unspecified atom stereocenters. The van der Waals surface area contributed by atoms with Crippen molar-refractivity contribution in [3.8, 4) is 0 Å². The summed E-state index contributed by atoms with van der Waals surface area (Å²) in [6, 6.07) is 2.23. The molecule has 2 aromatic heterocycles. The van der Waals surface area contributed by atoms with E-state index >= 15 is 0 Å². The van der Waals surface area contributed by atoms with Gasteiger partial charge >= 0.3 is 13.1 Å². The molecule has 1 fully saturated rings. The summed E-state index contributed by atoms with van der Waals surface area (Å²) < 4.78 is 12.4. The van der Waals surface area contributed by atoms with E-state index in [0.717, 1.165) is 28.5 Å². The van der Waals surface area contributed by atoms with Crippen LogP contribution in [-0.2, 0) is 9.31 Å². The van der Waals surface area contributed by atoms with Gasteiger partial charge in [0.1, 0.15) is 5.65 Å². The highest BCUT2D eigenvalue weighted by Crippen LogP contribution is 2.37. The van der Waals surface area contributed by atoms with Crippen molar-refractivity contribution in [3.63, 3.8) is 0 Å². The minimum atomic E-state index is -0.440. The molecule has 2 aliphatic heterocycles. The Morgan fingerprint density at radius 1 is 1.27 bits per heavy atom. The number of urea groups is 1. The monoisotopic (exact) mass is 410 g/mol. The minimum absolute atomic E-state index is 0.0102. The number of hydrogen-bond acceptors (Lipinski definition) is 4. The number of nitrogens with zero attached hydrogens (tertiary/aromatic N) is 2. The Bertz CT molecular complexity index is 979. The molecule has 30 heavy (non-hydrogen) atoms. The van der Waals surface area contributed by atoms with Gasteiger partial charge in [0.15, 0.2) is 0 Å². The number of aromatic amines is 1. The van der Waals surface area contributed by atoms with Gasteiger partial charge in [-0.05, 0) is 59.6 Å². The van der Waals surface area contributed by atoms with Gasteiger partial charge in [-0.15, -0.1) is 0 Å². The summed E-state index contributed by atoms with van der Waals surface area (Å²) in [5.74, 6) is 0. The molecule has 2 N–H and O–H groups in total. The quantitative estimate of drug-likeness (QED) is 0.763. The number of carbonyl (C=O) groups excluding carboxylic acids is 1. The number of aromatic nitrogens is 2. The molecule has 8 heteroatoms. The van der Waals surface area contributed by atoms with Gasteiger partial charge in [0, 0.05) is 47.9 Å². The van der Waals surface area contributed by atoms with E-state index in [9.17, 15) is 4.79 Å². The van der Waals surface area contributed by atoms with Crippen LogP contribution in [0, 0.1) is 0 Å². The molecular formula is C22H31BN4O3. The number of amides is 2. The maximum absolute atomic E-state index is 12.3. The number of fused-ring (bicyclic) bond motifs is 1. The van der Waals surface area contributed by atoms with E-state index in [1.165, 1.54) is 5.57 Å². The number of nitrogens with one attached hydrogen (secondary N) is 2. The Morgan fingerprint density at radius 2 is 1.97 bits per heavy atom. The molecule has 160 valence electrons. The molecule has 2 amide bonds. The lowest BCUT2D eigenvalue weighted by Crippen LogP contribution is -2.44. The summed E-state index contributed by atoms with van der Waals surface area (Å²) in [5.41, 5.74) is 3.32. The standard InChI is InChI=1S/C22H31BN4O3/c1-14(2)26-20(28)27-9-7-15(8-10-27)18-13-25-19-17(18)11-16(12-24-19)23-29-21(3,4)22(5,6)30-23/h7,11-14H,8-10H2,1-6H3,(H,24,25)(H,26,28). The summed E-state index contributed by atoms with van der Waals surface area (Å²) in [5, 5.41) is 4.01. The first kappa shape index (κ1) is 20.9. The number of hydrogen-bond donors (Lipinski definition) is 2. The van der Waals surface area contributed by atoms with Crippen LogP contribution in [0.25, 0.3) is 16.6 Å². The summed E-state index contributed by atoms with van der Waals surface area (Å²) in [7, 11) is -0.440. The zero-order valence-electron chi connectivity index (χ0n) is 18.7. The molecule has 0 spiro atoms. The van der Waals surface area contributed by atoms with Crippen LogP contribution in [0.15, 0.2) is 24.5 Å². The van der Waals surface area contributed by atoms with Crippen LogP contribution in [-0.4, -0.2) is 58.4 Å². The third-order valence-electron chi connectivity index (χ3n) is 6.33. The average Bonchev–Trinajstić information content (AvgIpc) is 3.18. The fraction of sp³-hybridized carbons (Fsp3) is 0.545. The predicted octanol–water partition coefficient (Wildman–Crippen LogP) is 3.07. The molecule has 7 nitrogen and oxygen atoms in total. The molecule has 4 heterocycles. The third kappa shape index (κ3) is 3.74. The van der Waals surface area contributed by atoms with E-state index in [0.29, 0.717) is 13.1 Å². The molecular weight excluding hydrogens is 379 g/mol. The van der Waals surface area contributed by atoms with Gasteiger partial charge in [-0.2, -0.15) is 0 Å². The zero-order valence-corrected chi connectivity index (χ0v) is 18.7. The van der Waals surface area contributed by atoms with Crippen molar-refractivity contribution in [2.24, 2.45) is 0 Å². The van der Waals surface area contributed by atoms with Gasteiger partial charge in [0.2, 0.25) is 0 Å². The van der Waals surface area contributed by atoms with E-state index in [1.807, 2.05) is 31.1 Å². The van der Waals surface area contributed by atoms with Crippen molar-refractivity contribution in [2.45, 2.75) is 65.2 Å². The fourth-order valence-electron chi connectivity index (χ4n) is 3.83. The van der Waals surface area contributed by atoms with Gasteiger partial charge in [0.05, 0.1) is 11.2 Å². The lowest BCUT2D eigenvalue weighted by Gasteiger charge is -2.32. The second-order valence-corrected chi connectivity index (χ2v) is 9.48. The highest BCUT2D eigenvalue weighted by Gasteiger charge is 2.51. The molecule has 0 aliphatic carbocycles. The van der Waals surface area contributed by atoms with Gasteiger partial charge < -0.3 is 24.5 Å². The van der Waals surface area contributed by atoms with E-state index in [-0.39, 0.29) is 23.3 Å². The average molecular weight is 410 g/mol. The van der Waals surface area contributed by atoms with Crippen LogP contribution in [0.5, 0.6) is 0 Å². The number of carbonyl (C=O) groups is 1. The highest BCUT2D eigenvalue weighted by atomic mass is 16.7. The van der Waals surface area contributed by atoms with Gasteiger partial charge in [0.25, 0.3) is 0 Å². The Labute approximate surface area is 178 Å². The van der Waals surface area contributed by atoms with Crippen molar-refractivity contribution in [3.05, 3.63) is 30.1 Å². The second kappa shape index (κ2) is 7.43.